The van der Waals surface area contributed by atoms with E-state index in [2.05, 4.69) is 8.85 Å². The van der Waals surface area contributed by atoms with Crippen molar-refractivity contribution in [2.45, 2.75) is 61.4 Å². The van der Waals surface area contributed by atoms with Gasteiger partial charge in [0.2, 0.25) is 0 Å². The molecule has 0 aromatic heterocycles. The fraction of sp³-hybridized carbons (Fsp3) is 1.00. The molecule has 0 amide bonds. The second-order valence-corrected chi connectivity index (χ2v) is 9.14. The van der Waals surface area contributed by atoms with E-state index in [1.54, 1.807) is 0 Å². The first kappa shape index (κ1) is 29.9. The van der Waals surface area contributed by atoms with Crippen LogP contribution in [0.4, 0.5) is 79.0 Å². The lowest BCUT2D eigenvalue weighted by atomic mass is 10.1. The summed E-state index contributed by atoms with van der Waals surface area (Å²) in [7, 11) is -6.33. The molecule has 0 aliphatic rings. The summed E-state index contributed by atoms with van der Waals surface area (Å²) in [6, 6.07) is 0. The van der Waals surface area contributed by atoms with Gasteiger partial charge in [-0.25, -0.2) is 0 Å². The summed E-state index contributed by atoms with van der Waals surface area (Å²) < 4.78 is 232. The molecule has 0 saturated carbocycles. The molecule has 31 heavy (non-hydrogen) atoms. The van der Waals surface area contributed by atoms with Gasteiger partial charge < -0.3 is 8.85 Å². The predicted octanol–water partition coefficient (Wildman–Crippen LogP) is 6.57. The Morgan fingerprint density at radius 1 is 0.387 bits per heavy atom. The maximum absolute atomic E-state index is 13.3. The maximum atomic E-state index is 13.3. The molecule has 0 spiro atoms. The summed E-state index contributed by atoms with van der Waals surface area (Å²) in [5.74, 6) is -30.5. The van der Waals surface area contributed by atoms with E-state index in [1.807, 2.05) is 0 Å². The van der Waals surface area contributed by atoms with Gasteiger partial charge >= 0.3 is 56.8 Å². The molecule has 0 aromatic rings. The van der Waals surface area contributed by atoms with Gasteiger partial charge in [0.15, 0.2) is 0 Å². The Kier molecular flexibility index (Phi) is 7.18. The molecule has 0 saturated heterocycles. The molecule has 0 aliphatic carbocycles. The SMILES string of the molecule is C[Si](C)(OC(F)(F)C(F)(F)C(F)(F)C(F)(F)F)OC(F)(F)C(F)(F)C(F)(F)C(F)(F)F. The van der Waals surface area contributed by atoms with Crippen molar-refractivity contribution in [1.82, 2.24) is 0 Å². The van der Waals surface area contributed by atoms with Crippen molar-refractivity contribution in [3.8, 4) is 0 Å². The van der Waals surface area contributed by atoms with Gasteiger partial charge in [0.25, 0.3) is 0 Å². The average molecular weight is 528 g/mol. The Balaban J connectivity index is 6.07. The quantitative estimate of drug-likeness (QED) is 0.262. The third-order valence-corrected chi connectivity index (χ3v) is 4.48. The van der Waals surface area contributed by atoms with E-state index in [1.165, 1.54) is 0 Å². The summed E-state index contributed by atoms with van der Waals surface area (Å²) in [6.45, 7) is -0.920. The van der Waals surface area contributed by atoms with E-state index in [-0.39, 0.29) is 0 Å². The monoisotopic (exact) mass is 528 g/mol. The summed E-state index contributed by atoms with van der Waals surface area (Å²) in [6.07, 6.45) is -29.1. The second kappa shape index (κ2) is 7.45. The first-order valence-corrected chi connectivity index (χ1v) is 9.53. The van der Waals surface area contributed by atoms with Crippen molar-refractivity contribution in [3.05, 3.63) is 0 Å². The van der Waals surface area contributed by atoms with Crippen molar-refractivity contribution in [1.29, 1.82) is 0 Å². The molecule has 0 aromatic carbocycles. The normalized spacial score (nSPS) is 16.6. The lowest BCUT2D eigenvalue weighted by Crippen LogP contribution is -2.66. The zero-order valence-electron chi connectivity index (χ0n) is 14.1. The minimum Gasteiger partial charge on any atom is -0.331 e. The second-order valence-electron chi connectivity index (χ2n) is 5.93. The highest BCUT2D eigenvalue weighted by atomic mass is 28.4. The molecular weight excluding hydrogens is 522 g/mol. The van der Waals surface area contributed by atoms with E-state index < -0.39 is 69.9 Å². The van der Waals surface area contributed by atoms with Gasteiger partial charge in [-0.15, -0.1) is 0 Å². The number of alkyl halides is 18. The first-order valence-electron chi connectivity index (χ1n) is 6.72. The molecular formula is C10H6F18O2Si. The van der Waals surface area contributed by atoms with Gasteiger partial charge in [-0.3, -0.25) is 0 Å². The van der Waals surface area contributed by atoms with Crippen LogP contribution < -0.4 is 0 Å². The zero-order chi connectivity index (χ0) is 25.9. The van der Waals surface area contributed by atoms with Crippen LogP contribution >= 0.6 is 0 Å². The summed E-state index contributed by atoms with van der Waals surface area (Å²) in [5, 5.41) is 0. The van der Waals surface area contributed by atoms with E-state index in [4.69, 9.17) is 0 Å². The number of halogens is 18. The lowest BCUT2D eigenvalue weighted by Gasteiger charge is -2.39. The third-order valence-electron chi connectivity index (χ3n) is 2.98. The highest BCUT2D eigenvalue weighted by molar-refractivity contribution is 6.64. The Morgan fingerprint density at radius 2 is 0.581 bits per heavy atom. The Bertz CT molecular complexity index is 593. The summed E-state index contributed by atoms with van der Waals surface area (Å²) >= 11 is 0. The number of hydrogen-bond acceptors (Lipinski definition) is 2. The van der Waals surface area contributed by atoms with Crippen LogP contribution in [0, 0.1) is 0 Å². The maximum Gasteiger partial charge on any atom is 0.460 e. The minimum atomic E-state index is -7.62. The Morgan fingerprint density at radius 3 is 0.742 bits per heavy atom. The fourth-order valence-electron chi connectivity index (χ4n) is 1.49. The van der Waals surface area contributed by atoms with Gasteiger partial charge in [0.05, 0.1) is 0 Å². The van der Waals surface area contributed by atoms with Crippen LogP contribution in [-0.4, -0.2) is 56.8 Å². The van der Waals surface area contributed by atoms with E-state index in [0.29, 0.717) is 0 Å². The molecule has 0 radical (unpaired) electrons. The van der Waals surface area contributed by atoms with Gasteiger partial charge in [0.1, 0.15) is 0 Å². The van der Waals surface area contributed by atoms with Crippen LogP contribution in [0.25, 0.3) is 0 Å². The molecule has 0 rings (SSSR count). The molecule has 0 aliphatic heterocycles. The van der Waals surface area contributed by atoms with Crippen molar-refractivity contribution in [2.75, 3.05) is 0 Å². The molecule has 0 bridgehead atoms. The molecule has 0 atom stereocenters. The highest BCUT2D eigenvalue weighted by Crippen LogP contribution is 2.56. The largest absolute Gasteiger partial charge is 0.460 e. The Labute approximate surface area is 159 Å². The molecule has 188 valence electrons. The van der Waals surface area contributed by atoms with Crippen LogP contribution in [0.15, 0.2) is 0 Å². The average Bonchev–Trinajstić information content (AvgIpc) is 2.41. The zero-order valence-corrected chi connectivity index (χ0v) is 15.1. The molecule has 2 nitrogen and oxygen atoms in total. The summed E-state index contributed by atoms with van der Waals surface area (Å²) in [5.41, 5.74) is 0. The van der Waals surface area contributed by atoms with Crippen molar-refractivity contribution in [3.63, 3.8) is 0 Å². The van der Waals surface area contributed by atoms with Crippen molar-refractivity contribution in [2.24, 2.45) is 0 Å². The fourth-order valence-corrected chi connectivity index (χ4v) is 3.02. The third kappa shape index (κ3) is 4.96. The van der Waals surface area contributed by atoms with Gasteiger partial charge in [0, 0.05) is 0 Å². The lowest BCUT2D eigenvalue weighted by molar-refractivity contribution is -0.444. The van der Waals surface area contributed by atoms with E-state index in [9.17, 15) is 79.0 Å². The molecule has 0 fully saturated rings. The van der Waals surface area contributed by atoms with Crippen LogP contribution in [-0.2, 0) is 8.85 Å². The standard InChI is InChI=1S/C10H6F18O2Si/c1-31(2,29-9(25,26)5(15,16)3(11,12)7(19,20)21)30-10(27,28)6(17,18)4(13,14)8(22,23)24/h1-2H3. The van der Waals surface area contributed by atoms with E-state index in [0.717, 1.165) is 0 Å². The van der Waals surface area contributed by atoms with E-state index >= 15 is 0 Å². The molecule has 0 unspecified atom stereocenters. The van der Waals surface area contributed by atoms with Crippen LogP contribution in [0.5, 0.6) is 0 Å². The number of hydrogen-bond donors (Lipinski definition) is 0. The van der Waals surface area contributed by atoms with Gasteiger partial charge in [-0.1, -0.05) is 0 Å². The topological polar surface area (TPSA) is 18.5 Å². The minimum absolute atomic E-state index is 0.460. The Hall–Kier alpha value is -1.12. The number of rotatable bonds is 8. The highest BCUT2D eigenvalue weighted by Gasteiger charge is 2.85. The molecule has 21 heteroatoms. The van der Waals surface area contributed by atoms with Crippen molar-refractivity contribution >= 4 is 8.56 Å². The predicted molar refractivity (Wildman–Crippen MR) is 61.4 cm³/mol. The van der Waals surface area contributed by atoms with Crippen LogP contribution in [0.3, 0.4) is 0 Å². The van der Waals surface area contributed by atoms with Gasteiger partial charge in [-0.05, 0) is 13.1 Å². The van der Waals surface area contributed by atoms with Crippen LogP contribution in [0.2, 0.25) is 13.1 Å². The molecule has 0 heterocycles. The van der Waals surface area contributed by atoms with Crippen LogP contribution in [0.1, 0.15) is 0 Å². The first-order chi connectivity index (χ1) is 12.9. The summed E-state index contributed by atoms with van der Waals surface area (Å²) in [4.78, 5) is 0. The smallest absolute Gasteiger partial charge is 0.331 e. The van der Waals surface area contributed by atoms with Gasteiger partial charge in [-0.2, -0.15) is 79.0 Å². The van der Waals surface area contributed by atoms with Crippen molar-refractivity contribution < 1.29 is 87.9 Å². The molecule has 0 N–H and O–H groups in total.